The van der Waals surface area contributed by atoms with Crippen molar-refractivity contribution in [2.24, 2.45) is 0 Å². The van der Waals surface area contributed by atoms with Crippen molar-refractivity contribution in [3.8, 4) is 0 Å². The molecule has 0 aliphatic carbocycles. The molecule has 0 fully saturated rings. The lowest BCUT2D eigenvalue weighted by Gasteiger charge is -2.11. The maximum Gasteiger partial charge on any atom is 0.126 e. The van der Waals surface area contributed by atoms with Gasteiger partial charge in [-0.15, -0.1) is 0 Å². The van der Waals surface area contributed by atoms with Crippen LogP contribution in [-0.4, -0.2) is 18.3 Å². The van der Waals surface area contributed by atoms with E-state index in [4.69, 9.17) is 4.74 Å². The van der Waals surface area contributed by atoms with E-state index in [-0.39, 0.29) is 5.82 Å². The Kier molecular flexibility index (Phi) is 5.43. The number of rotatable bonds is 6. The Hall–Kier alpha value is -0.930. The van der Waals surface area contributed by atoms with Gasteiger partial charge >= 0.3 is 0 Å². The Morgan fingerprint density at radius 2 is 2.12 bits per heavy atom. The first-order valence-electron chi connectivity index (χ1n) is 5.67. The number of halogens is 1. The van der Waals surface area contributed by atoms with Crippen molar-refractivity contribution in [3.63, 3.8) is 0 Å². The zero-order valence-corrected chi connectivity index (χ0v) is 9.87. The van der Waals surface area contributed by atoms with Gasteiger partial charge in [-0.05, 0) is 30.5 Å². The zero-order chi connectivity index (χ0) is 12.0. The van der Waals surface area contributed by atoms with Gasteiger partial charge in [0.05, 0.1) is 6.10 Å². The van der Waals surface area contributed by atoms with Gasteiger partial charge in [-0.25, -0.2) is 4.39 Å². The average molecular weight is 226 g/mol. The first kappa shape index (κ1) is 13.1. The molecule has 0 aliphatic rings. The van der Waals surface area contributed by atoms with Crippen LogP contribution in [0, 0.1) is 12.7 Å². The van der Waals surface area contributed by atoms with Crippen LogP contribution in [0.5, 0.6) is 0 Å². The van der Waals surface area contributed by atoms with Gasteiger partial charge in [0.15, 0.2) is 0 Å². The number of hydrogen-bond donors (Lipinski definition) is 1. The molecule has 0 heterocycles. The summed E-state index contributed by atoms with van der Waals surface area (Å²) in [5.74, 6) is -0.272. The summed E-state index contributed by atoms with van der Waals surface area (Å²) in [7, 11) is 0. The third-order valence-electron chi connectivity index (χ3n) is 2.46. The van der Waals surface area contributed by atoms with Crippen molar-refractivity contribution < 1.29 is 14.2 Å². The van der Waals surface area contributed by atoms with Crippen LogP contribution in [0.25, 0.3) is 0 Å². The molecule has 0 aliphatic heterocycles. The highest BCUT2D eigenvalue weighted by Gasteiger charge is 2.09. The van der Waals surface area contributed by atoms with Gasteiger partial charge in [0, 0.05) is 19.6 Å². The highest BCUT2D eigenvalue weighted by Crippen LogP contribution is 2.19. The molecule has 0 radical (unpaired) electrons. The Bertz CT molecular complexity index is 326. The molecule has 1 atom stereocenters. The topological polar surface area (TPSA) is 29.5 Å². The first-order chi connectivity index (χ1) is 7.65. The lowest BCUT2D eigenvalue weighted by Crippen LogP contribution is -2.04. The summed E-state index contributed by atoms with van der Waals surface area (Å²) in [6, 6.07) is 4.82. The van der Waals surface area contributed by atoms with E-state index >= 15 is 0 Å². The summed E-state index contributed by atoms with van der Waals surface area (Å²) in [5, 5.41) is 9.79. The molecular weight excluding hydrogens is 207 g/mol. The number of aliphatic hydroxyl groups excluding tert-OH is 1. The maximum absolute atomic E-state index is 13.2. The van der Waals surface area contributed by atoms with Gasteiger partial charge in [0.1, 0.15) is 5.82 Å². The van der Waals surface area contributed by atoms with Crippen LogP contribution >= 0.6 is 0 Å². The van der Waals surface area contributed by atoms with Gasteiger partial charge < -0.3 is 9.84 Å². The van der Waals surface area contributed by atoms with Crippen molar-refractivity contribution in [2.45, 2.75) is 32.8 Å². The lowest BCUT2D eigenvalue weighted by molar-refractivity contribution is 0.0820. The summed E-state index contributed by atoms with van der Waals surface area (Å²) in [6.45, 7) is 4.95. The first-order valence-corrected chi connectivity index (χ1v) is 5.67. The minimum absolute atomic E-state index is 0.272. The van der Waals surface area contributed by atoms with E-state index in [1.165, 1.54) is 6.07 Å². The van der Waals surface area contributed by atoms with Crippen molar-refractivity contribution in [3.05, 3.63) is 35.1 Å². The van der Waals surface area contributed by atoms with E-state index in [1.807, 2.05) is 6.92 Å². The van der Waals surface area contributed by atoms with Crippen molar-refractivity contribution in [2.75, 3.05) is 13.2 Å². The minimum Gasteiger partial charge on any atom is -0.388 e. The molecule has 0 aromatic heterocycles. The predicted octanol–water partition coefficient (Wildman–Crippen LogP) is 2.98. The van der Waals surface area contributed by atoms with Crippen LogP contribution in [0.4, 0.5) is 4.39 Å². The summed E-state index contributed by atoms with van der Waals surface area (Å²) >= 11 is 0. The molecule has 1 unspecified atom stereocenters. The van der Waals surface area contributed by atoms with Crippen molar-refractivity contribution in [1.29, 1.82) is 0 Å². The molecule has 0 amide bonds. The number of hydrogen-bond acceptors (Lipinski definition) is 2. The molecule has 1 rings (SSSR count). The summed E-state index contributed by atoms with van der Waals surface area (Å²) in [4.78, 5) is 0. The Labute approximate surface area is 96.1 Å². The Morgan fingerprint density at radius 1 is 1.38 bits per heavy atom. The predicted molar refractivity (Wildman–Crippen MR) is 61.8 cm³/mol. The molecule has 16 heavy (non-hydrogen) atoms. The smallest absolute Gasteiger partial charge is 0.126 e. The second-order valence-electron chi connectivity index (χ2n) is 3.93. The molecule has 0 bridgehead atoms. The van der Waals surface area contributed by atoms with E-state index in [2.05, 4.69) is 0 Å². The van der Waals surface area contributed by atoms with Gasteiger partial charge in [0.25, 0.3) is 0 Å². The van der Waals surface area contributed by atoms with E-state index in [1.54, 1.807) is 19.1 Å². The highest BCUT2D eigenvalue weighted by atomic mass is 19.1. The molecule has 0 spiro atoms. The zero-order valence-electron chi connectivity index (χ0n) is 9.87. The minimum atomic E-state index is -0.646. The maximum atomic E-state index is 13.2. The average Bonchev–Trinajstić information content (AvgIpc) is 2.28. The van der Waals surface area contributed by atoms with Gasteiger partial charge in [-0.3, -0.25) is 0 Å². The Balaban J connectivity index is 2.46. The number of benzene rings is 1. The van der Waals surface area contributed by atoms with Crippen molar-refractivity contribution in [1.82, 2.24) is 0 Å². The second-order valence-corrected chi connectivity index (χ2v) is 3.93. The SMILES string of the molecule is CCCOCCC(O)c1ccc(C)c(F)c1. The fourth-order valence-corrected chi connectivity index (χ4v) is 1.42. The molecule has 3 heteroatoms. The van der Waals surface area contributed by atoms with Crippen LogP contribution in [0.15, 0.2) is 18.2 Å². The Morgan fingerprint density at radius 3 is 2.75 bits per heavy atom. The normalized spacial score (nSPS) is 12.8. The third kappa shape index (κ3) is 3.91. The third-order valence-corrected chi connectivity index (χ3v) is 2.46. The standard InChI is InChI=1S/C13H19FO2/c1-3-7-16-8-6-13(15)11-5-4-10(2)12(14)9-11/h4-5,9,13,15H,3,6-8H2,1-2H3. The van der Waals surface area contributed by atoms with Crippen LogP contribution in [0.3, 0.4) is 0 Å². The van der Waals surface area contributed by atoms with Crippen LogP contribution in [0.2, 0.25) is 0 Å². The van der Waals surface area contributed by atoms with Gasteiger partial charge in [-0.1, -0.05) is 19.1 Å². The molecule has 1 aromatic carbocycles. The molecular formula is C13H19FO2. The molecule has 1 N–H and O–H groups in total. The number of aliphatic hydroxyl groups is 1. The molecule has 1 aromatic rings. The van der Waals surface area contributed by atoms with E-state index < -0.39 is 6.10 Å². The second kappa shape index (κ2) is 6.61. The molecule has 2 nitrogen and oxygen atoms in total. The largest absolute Gasteiger partial charge is 0.388 e. The van der Waals surface area contributed by atoms with Gasteiger partial charge in [-0.2, -0.15) is 0 Å². The van der Waals surface area contributed by atoms with Crippen LogP contribution in [-0.2, 0) is 4.74 Å². The number of aryl methyl sites for hydroxylation is 1. The molecule has 0 saturated heterocycles. The van der Waals surface area contributed by atoms with E-state index in [0.717, 1.165) is 6.42 Å². The monoisotopic (exact) mass is 226 g/mol. The van der Waals surface area contributed by atoms with E-state index in [9.17, 15) is 9.50 Å². The lowest BCUT2D eigenvalue weighted by atomic mass is 10.0. The quantitative estimate of drug-likeness (QED) is 0.756. The molecule has 90 valence electrons. The highest BCUT2D eigenvalue weighted by molar-refractivity contribution is 5.24. The molecule has 0 saturated carbocycles. The summed E-state index contributed by atoms with van der Waals surface area (Å²) in [5.41, 5.74) is 1.21. The summed E-state index contributed by atoms with van der Waals surface area (Å²) in [6.07, 6.45) is 0.824. The van der Waals surface area contributed by atoms with Gasteiger partial charge in [0.2, 0.25) is 0 Å². The number of ether oxygens (including phenoxy) is 1. The van der Waals surface area contributed by atoms with Crippen LogP contribution in [0.1, 0.15) is 37.0 Å². The van der Waals surface area contributed by atoms with E-state index in [0.29, 0.717) is 30.8 Å². The fraction of sp³-hybridized carbons (Fsp3) is 0.538. The fourth-order valence-electron chi connectivity index (χ4n) is 1.42. The van der Waals surface area contributed by atoms with Crippen molar-refractivity contribution >= 4 is 0 Å². The summed E-state index contributed by atoms with van der Waals surface area (Å²) < 4.78 is 18.5. The van der Waals surface area contributed by atoms with Crippen LogP contribution < -0.4 is 0 Å².